The zero-order valence-electron chi connectivity index (χ0n) is 22.8. The third-order valence-electron chi connectivity index (χ3n) is 7.94. The summed E-state index contributed by atoms with van der Waals surface area (Å²) in [7, 11) is 0. The van der Waals surface area contributed by atoms with Crippen molar-refractivity contribution in [1.82, 2.24) is 0 Å². The number of hydrogen-bond donors (Lipinski definition) is 0. The molecule has 0 atom stereocenters. The molecular weight excluding hydrogens is 508 g/mol. The zero-order valence-corrected chi connectivity index (χ0v) is 22.8. The lowest BCUT2D eigenvalue weighted by Gasteiger charge is -2.11. The van der Waals surface area contributed by atoms with Crippen LogP contribution in [0.2, 0.25) is 0 Å². The second-order valence-electron chi connectivity index (χ2n) is 10.4. The molecule has 194 valence electrons. The summed E-state index contributed by atoms with van der Waals surface area (Å²) in [5.41, 5.74) is 6.80. The Bertz CT molecular complexity index is 2260. The van der Waals surface area contributed by atoms with E-state index in [0.29, 0.717) is 11.1 Å². The first-order chi connectivity index (χ1) is 20.7. The van der Waals surface area contributed by atoms with Crippen molar-refractivity contribution in [3.8, 4) is 34.4 Å². The molecule has 0 aliphatic carbocycles. The molecule has 0 fully saturated rings. The standard InChI is InChI=1S/C40H24N2/c41-25-39(40(26-42)36-19-20-38-34(24-36)11-6-12-37(38)28-8-2-1-3-9-28)35-18-17-32-22-31(15-16-33(32)23-35)30-14-13-27-7-4-5-10-29(27)21-30/h1-24H/b40-39+. The normalized spacial score (nSPS) is 11.7. The fourth-order valence-electron chi connectivity index (χ4n) is 5.79. The Labute approximate surface area is 244 Å². The summed E-state index contributed by atoms with van der Waals surface area (Å²) >= 11 is 0. The molecule has 0 heterocycles. The highest BCUT2D eigenvalue weighted by atomic mass is 14.3. The van der Waals surface area contributed by atoms with Crippen molar-refractivity contribution in [2.24, 2.45) is 0 Å². The molecule has 0 radical (unpaired) electrons. The Balaban J connectivity index is 1.28. The van der Waals surface area contributed by atoms with E-state index in [1.165, 1.54) is 10.8 Å². The highest BCUT2D eigenvalue weighted by molar-refractivity contribution is 6.07. The van der Waals surface area contributed by atoms with Gasteiger partial charge < -0.3 is 0 Å². The molecule has 0 aliphatic heterocycles. The number of fused-ring (bicyclic) bond motifs is 3. The highest BCUT2D eigenvalue weighted by Crippen LogP contribution is 2.34. The maximum absolute atomic E-state index is 10.2. The van der Waals surface area contributed by atoms with Crippen molar-refractivity contribution in [2.75, 3.05) is 0 Å². The van der Waals surface area contributed by atoms with Crippen molar-refractivity contribution < 1.29 is 0 Å². The average Bonchev–Trinajstić information content (AvgIpc) is 3.06. The molecule has 0 spiro atoms. The van der Waals surface area contributed by atoms with Gasteiger partial charge in [-0.05, 0) is 90.0 Å². The molecule has 0 amide bonds. The minimum absolute atomic E-state index is 0.372. The summed E-state index contributed by atoms with van der Waals surface area (Å²) in [6.45, 7) is 0. The number of allylic oxidation sites excluding steroid dienone is 2. The van der Waals surface area contributed by atoms with Gasteiger partial charge in [0, 0.05) is 0 Å². The predicted octanol–water partition coefficient (Wildman–Crippen LogP) is 10.4. The molecule has 0 unspecified atom stereocenters. The number of nitriles is 2. The number of rotatable bonds is 4. The minimum Gasteiger partial charge on any atom is -0.192 e. The highest BCUT2D eigenvalue weighted by Gasteiger charge is 2.14. The lowest BCUT2D eigenvalue weighted by Crippen LogP contribution is -1.91. The summed E-state index contributed by atoms with van der Waals surface area (Å²) in [6, 6.07) is 54.4. The fourth-order valence-corrected chi connectivity index (χ4v) is 5.79. The largest absolute Gasteiger partial charge is 0.192 e. The van der Waals surface area contributed by atoms with E-state index in [1.807, 2.05) is 60.7 Å². The monoisotopic (exact) mass is 532 g/mol. The van der Waals surface area contributed by atoms with Crippen LogP contribution in [0.15, 0.2) is 146 Å². The van der Waals surface area contributed by atoms with Crippen LogP contribution in [0, 0.1) is 22.7 Å². The van der Waals surface area contributed by atoms with Crippen LogP contribution in [-0.2, 0) is 0 Å². The topological polar surface area (TPSA) is 47.6 Å². The summed E-state index contributed by atoms with van der Waals surface area (Å²) in [4.78, 5) is 0. The van der Waals surface area contributed by atoms with Gasteiger partial charge in [0.1, 0.15) is 12.1 Å². The van der Waals surface area contributed by atoms with Crippen LogP contribution in [0.5, 0.6) is 0 Å². The van der Waals surface area contributed by atoms with Gasteiger partial charge in [0.2, 0.25) is 0 Å². The van der Waals surface area contributed by atoms with Crippen molar-refractivity contribution in [1.29, 1.82) is 10.5 Å². The SMILES string of the molecule is N#C/C(=C(/C#N)c1ccc2c(-c3ccccc3)cccc2c1)c1ccc2cc(-c3ccc4ccccc4c3)ccc2c1. The minimum atomic E-state index is 0.372. The zero-order chi connectivity index (χ0) is 28.5. The van der Waals surface area contributed by atoms with Gasteiger partial charge >= 0.3 is 0 Å². The average molecular weight is 533 g/mol. The summed E-state index contributed by atoms with van der Waals surface area (Å²) in [5.74, 6) is 0. The molecule has 2 nitrogen and oxygen atoms in total. The molecule has 0 saturated heterocycles. The van der Waals surface area contributed by atoms with Crippen LogP contribution >= 0.6 is 0 Å². The molecule has 0 aromatic heterocycles. The Morgan fingerprint density at radius 2 is 0.905 bits per heavy atom. The first-order valence-electron chi connectivity index (χ1n) is 13.9. The lowest BCUT2D eigenvalue weighted by atomic mass is 9.91. The van der Waals surface area contributed by atoms with E-state index in [4.69, 9.17) is 0 Å². The van der Waals surface area contributed by atoms with Gasteiger partial charge in [0.05, 0.1) is 11.1 Å². The molecular formula is C40H24N2. The quantitative estimate of drug-likeness (QED) is 0.167. The van der Waals surface area contributed by atoms with E-state index in [-0.39, 0.29) is 0 Å². The Morgan fingerprint density at radius 1 is 0.381 bits per heavy atom. The molecule has 2 heteroatoms. The summed E-state index contributed by atoms with van der Waals surface area (Å²) < 4.78 is 0. The van der Waals surface area contributed by atoms with E-state index in [2.05, 4.69) is 97.1 Å². The van der Waals surface area contributed by atoms with Crippen LogP contribution in [0.3, 0.4) is 0 Å². The first-order valence-corrected chi connectivity index (χ1v) is 13.9. The van der Waals surface area contributed by atoms with Crippen LogP contribution in [-0.4, -0.2) is 0 Å². The van der Waals surface area contributed by atoms with E-state index < -0.39 is 0 Å². The van der Waals surface area contributed by atoms with Crippen LogP contribution in [0.1, 0.15) is 11.1 Å². The van der Waals surface area contributed by atoms with Crippen LogP contribution in [0.4, 0.5) is 0 Å². The Hall–Kier alpha value is -5.96. The van der Waals surface area contributed by atoms with Crippen molar-refractivity contribution in [3.63, 3.8) is 0 Å². The van der Waals surface area contributed by atoms with Crippen molar-refractivity contribution in [2.45, 2.75) is 0 Å². The molecule has 0 saturated carbocycles. The van der Waals surface area contributed by atoms with Gasteiger partial charge in [-0.3, -0.25) is 0 Å². The fraction of sp³-hybridized carbons (Fsp3) is 0. The van der Waals surface area contributed by atoms with Gasteiger partial charge in [0.15, 0.2) is 0 Å². The smallest absolute Gasteiger partial charge is 0.101 e. The van der Waals surface area contributed by atoms with Crippen LogP contribution < -0.4 is 0 Å². The molecule has 42 heavy (non-hydrogen) atoms. The maximum atomic E-state index is 10.2. The lowest BCUT2D eigenvalue weighted by molar-refractivity contribution is 1.50. The molecule has 7 aromatic carbocycles. The maximum Gasteiger partial charge on any atom is 0.101 e. The van der Waals surface area contributed by atoms with Gasteiger partial charge in [-0.25, -0.2) is 0 Å². The number of benzene rings is 7. The van der Waals surface area contributed by atoms with Gasteiger partial charge in [-0.2, -0.15) is 10.5 Å². The van der Waals surface area contributed by atoms with Crippen molar-refractivity contribution in [3.05, 3.63) is 157 Å². The van der Waals surface area contributed by atoms with Crippen molar-refractivity contribution >= 4 is 43.5 Å². The third kappa shape index (κ3) is 4.48. The summed E-state index contributed by atoms with van der Waals surface area (Å²) in [6.07, 6.45) is 0. The van der Waals surface area contributed by atoms with Crippen LogP contribution in [0.25, 0.3) is 65.7 Å². The second kappa shape index (κ2) is 10.5. The van der Waals surface area contributed by atoms with E-state index in [0.717, 1.165) is 54.9 Å². The predicted molar refractivity (Wildman–Crippen MR) is 174 cm³/mol. The molecule has 7 rings (SSSR count). The molecule has 0 bridgehead atoms. The number of hydrogen-bond acceptors (Lipinski definition) is 2. The third-order valence-corrected chi connectivity index (χ3v) is 7.94. The molecule has 7 aromatic rings. The molecule has 0 N–H and O–H groups in total. The Kier molecular flexibility index (Phi) is 6.29. The van der Waals surface area contributed by atoms with Gasteiger partial charge in [-0.15, -0.1) is 0 Å². The number of nitrogens with zero attached hydrogens (tertiary/aromatic N) is 2. The van der Waals surface area contributed by atoms with Gasteiger partial charge in [-0.1, -0.05) is 121 Å². The Morgan fingerprint density at radius 3 is 1.62 bits per heavy atom. The first kappa shape index (κ1) is 25.0. The van der Waals surface area contributed by atoms with E-state index >= 15 is 0 Å². The van der Waals surface area contributed by atoms with Gasteiger partial charge in [0.25, 0.3) is 0 Å². The van der Waals surface area contributed by atoms with E-state index in [1.54, 1.807) is 0 Å². The molecule has 0 aliphatic rings. The second-order valence-corrected chi connectivity index (χ2v) is 10.4. The summed E-state index contributed by atoms with van der Waals surface area (Å²) in [5, 5.41) is 27.2. The van der Waals surface area contributed by atoms with E-state index in [9.17, 15) is 10.5 Å².